The highest BCUT2D eigenvalue weighted by Crippen LogP contribution is 2.32. The number of aromatic amines is 1. The van der Waals surface area contributed by atoms with Gasteiger partial charge in [-0.05, 0) is 52.6 Å². The van der Waals surface area contributed by atoms with Crippen LogP contribution in [0.1, 0.15) is 19.4 Å². The fraction of sp³-hybridized carbons (Fsp3) is 0.217. The van der Waals surface area contributed by atoms with Crippen molar-refractivity contribution in [2.45, 2.75) is 26.9 Å². The summed E-state index contributed by atoms with van der Waals surface area (Å²) in [6.45, 7) is 4.93. The van der Waals surface area contributed by atoms with Crippen molar-refractivity contribution < 1.29 is 0 Å². The van der Waals surface area contributed by atoms with Crippen molar-refractivity contribution in [2.75, 3.05) is 0 Å². The number of aromatic nitrogens is 5. The quantitative estimate of drug-likeness (QED) is 0.413. The summed E-state index contributed by atoms with van der Waals surface area (Å²) >= 11 is 7.88. The Balaban J connectivity index is 1.79. The second kappa shape index (κ2) is 8.03. The van der Waals surface area contributed by atoms with E-state index in [0.717, 1.165) is 21.2 Å². The lowest BCUT2D eigenvalue weighted by Crippen LogP contribution is -2.31. The molecule has 0 fully saturated rings. The summed E-state index contributed by atoms with van der Waals surface area (Å²) in [4.78, 5) is 32.1. The van der Waals surface area contributed by atoms with Crippen LogP contribution in [0.15, 0.2) is 57.7 Å². The monoisotopic (exact) mass is 465 g/mol. The van der Waals surface area contributed by atoms with Crippen LogP contribution in [0.5, 0.6) is 0 Å². The molecule has 0 aliphatic carbocycles. The molecule has 0 bridgehead atoms. The zero-order chi connectivity index (χ0) is 22.4. The van der Waals surface area contributed by atoms with Gasteiger partial charge in [-0.3, -0.25) is 24.0 Å². The largest absolute Gasteiger partial charge is 0.330 e. The minimum Gasteiger partial charge on any atom is -0.276 e. The van der Waals surface area contributed by atoms with Crippen molar-refractivity contribution in [1.29, 1.82) is 0 Å². The molecule has 0 radical (unpaired) electrons. The van der Waals surface area contributed by atoms with Crippen molar-refractivity contribution in [3.05, 3.63) is 79.5 Å². The predicted molar refractivity (Wildman–Crippen MR) is 129 cm³/mol. The fourth-order valence-corrected chi connectivity index (χ4v) is 5.07. The zero-order valence-electron chi connectivity index (χ0n) is 17.5. The highest BCUT2D eigenvalue weighted by molar-refractivity contribution is 7.17. The van der Waals surface area contributed by atoms with Gasteiger partial charge in [-0.25, -0.2) is 4.79 Å². The molecule has 4 heterocycles. The Morgan fingerprint density at radius 3 is 2.69 bits per heavy atom. The minimum atomic E-state index is -0.449. The smallest absolute Gasteiger partial charge is 0.276 e. The van der Waals surface area contributed by atoms with Crippen LogP contribution in [0, 0.1) is 5.92 Å². The summed E-state index contributed by atoms with van der Waals surface area (Å²) in [6, 6.07) is 9.50. The SMILES string of the molecule is CC(C)Cn1c(=O)[nH]c(=O)c2c(-c3ccncc3)n(Cc3csc4ccc(Cl)cc34)nc21. The first kappa shape index (κ1) is 20.7. The van der Waals surface area contributed by atoms with E-state index in [1.54, 1.807) is 33.0 Å². The lowest BCUT2D eigenvalue weighted by molar-refractivity contribution is 0.510. The van der Waals surface area contributed by atoms with E-state index >= 15 is 0 Å². The minimum absolute atomic E-state index is 0.208. The van der Waals surface area contributed by atoms with E-state index in [4.69, 9.17) is 16.7 Å². The van der Waals surface area contributed by atoms with Gasteiger partial charge < -0.3 is 0 Å². The van der Waals surface area contributed by atoms with E-state index in [-0.39, 0.29) is 5.92 Å². The maximum Gasteiger partial charge on any atom is 0.330 e. The number of nitrogens with one attached hydrogen (secondary N) is 1. The van der Waals surface area contributed by atoms with Crippen molar-refractivity contribution >= 4 is 44.1 Å². The number of hydrogen-bond acceptors (Lipinski definition) is 5. The van der Waals surface area contributed by atoms with E-state index in [2.05, 4.69) is 15.3 Å². The maximum atomic E-state index is 13.0. The molecule has 0 aliphatic rings. The molecule has 0 saturated carbocycles. The van der Waals surface area contributed by atoms with E-state index in [1.807, 2.05) is 44.2 Å². The molecule has 1 N–H and O–H groups in total. The van der Waals surface area contributed by atoms with Crippen LogP contribution >= 0.6 is 22.9 Å². The van der Waals surface area contributed by atoms with Crippen molar-refractivity contribution in [3.8, 4) is 11.3 Å². The number of rotatable bonds is 5. The second-order valence-corrected chi connectivity index (χ2v) is 9.45. The van der Waals surface area contributed by atoms with E-state index in [9.17, 15) is 9.59 Å². The third-order valence-electron chi connectivity index (χ3n) is 5.32. The molecule has 162 valence electrons. The molecule has 0 amide bonds. The first-order valence-electron chi connectivity index (χ1n) is 10.2. The number of nitrogens with zero attached hydrogens (tertiary/aromatic N) is 4. The summed E-state index contributed by atoms with van der Waals surface area (Å²) in [5.41, 5.74) is 2.00. The number of benzene rings is 1. The van der Waals surface area contributed by atoms with Gasteiger partial charge in [0.25, 0.3) is 5.56 Å². The molecule has 5 rings (SSSR count). The van der Waals surface area contributed by atoms with Crippen molar-refractivity contribution in [1.82, 2.24) is 24.3 Å². The molecule has 0 aliphatic heterocycles. The Hall–Kier alpha value is -3.23. The maximum absolute atomic E-state index is 13.0. The van der Waals surface area contributed by atoms with Crippen LogP contribution < -0.4 is 11.2 Å². The molecule has 0 saturated heterocycles. The molecule has 7 nitrogen and oxygen atoms in total. The Labute approximate surface area is 191 Å². The van der Waals surface area contributed by atoms with Gasteiger partial charge in [0.05, 0.1) is 12.2 Å². The zero-order valence-corrected chi connectivity index (χ0v) is 19.1. The number of H-pyrrole nitrogens is 1. The van der Waals surface area contributed by atoms with E-state index in [0.29, 0.717) is 34.8 Å². The third kappa shape index (κ3) is 3.55. The highest BCUT2D eigenvalue weighted by Gasteiger charge is 2.21. The van der Waals surface area contributed by atoms with Gasteiger partial charge in [0.2, 0.25) is 0 Å². The van der Waals surface area contributed by atoms with Crippen molar-refractivity contribution in [2.24, 2.45) is 5.92 Å². The van der Waals surface area contributed by atoms with Gasteiger partial charge in [-0.15, -0.1) is 11.3 Å². The molecule has 32 heavy (non-hydrogen) atoms. The summed E-state index contributed by atoms with van der Waals surface area (Å²) in [5, 5.41) is 8.97. The molecule has 0 spiro atoms. The lowest BCUT2D eigenvalue weighted by Gasteiger charge is -2.08. The number of thiophene rings is 1. The van der Waals surface area contributed by atoms with Gasteiger partial charge >= 0.3 is 5.69 Å². The van der Waals surface area contributed by atoms with E-state index < -0.39 is 11.2 Å². The fourth-order valence-electron chi connectivity index (χ4n) is 3.96. The highest BCUT2D eigenvalue weighted by atomic mass is 35.5. The summed E-state index contributed by atoms with van der Waals surface area (Å²) in [5.74, 6) is 0.208. The standard InChI is InChI=1S/C23H20ClN5O2S/c1-13(2)10-28-21-19(22(30)26-23(28)31)20(14-5-7-25-8-6-14)29(27-21)11-15-12-32-18-4-3-16(24)9-17(15)18/h3-9,12-13H,10-11H2,1-2H3,(H,26,30,31). The van der Waals surface area contributed by atoms with Gasteiger partial charge in [-0.1, -0.05) is 25.4 Å². The molecule has 4 aromatic heterocycles. The molecule has 5 aromatic rings. The lowest BCUT2D eigenvalue weighted by atomic mass is 10.1. The second-order valence-electron chi connectivity index (χ2n) is 8.11. The van der Waals surface area contributed by atoms with Crippen LogP contribution in [-0.4, -0.2) is 24.3 Å². The Bertz CT molecular complexity index is 1560. The molecule has 0 atom stereocenters. The molecule has 0 unspecified atom stereocenters. The molecular formula is C23H20ClN5O2S. The number of hydrogen-bond donors (Lipinski definition) is 1. The van der Waals surface area contributed by atoms with Gasteiger partial charge in [0.15, 0.2) is 5.65 Å². The third-order valence-corrected chi connectivity index (χ3v) is 6.57. The topological polar surface area (TPSA) is 85.6 Å². The summed E-state index contributed by atoms with van der Waals surface area (Å²) in [7, 11) is 0. The van der Waals surface area contributed by atoms with E-state index in [1.165, 1.54) is 0 Å². The van der Waals surface area contributed by atoms with Crippen LogP contribution in [0.4, 0.5) is 0 Å². The van der Waals surface area contributed by atoms with Crippen LogP contribution in [0.25, 0.3) is 32.4 Å². The van der Waals surface area contributed by atoms with Gasteiger partial charge in [-0.2, -0.15) is 5.10 Å². The summed E-state index contributed by atoms with van der Waals surface area (Å²) < 4.78 is 4.47. The first-order chi connectivity index (χ1) is 15.4. The van der Waals surface area contributed by atoms with Gasteiger partial charge in [0.1, 0.15) is 5.39 Å². The summed E-state index contributed by atoms with van der Waals surface area (Å²) in [6.07, 6.45) is 3.35. The van der Waals surface area contributed by atoms with Crippen molar-refractivity contribution in [3.63, 3.8) is 0 Å². The molecular weight excluding hydrogens is 446 g/mol. The number of fused-ring (bicyclic) bond motifs is 2. The number of halogens is 1. The molecule has 9 heteroatoms. The normalized spacial score (nSPS) is 11.8. The Morgan fingerprint density at radius 1 is 1.16 bits per heavy atom. The van der Waals surface area contributed by atoms with Crippen LogP contribution in [-0.2, 0) is 13.1 Å². The first-order valence-corrected chi connectivity index (χ1v) is 11.5. The number of pyridine rings is 1. The Morgan fingerprint density at radius 2 is 1.94 bits per heavy atom. The average molecular weight is 466 g/mol. The Kier molecular flexibility index (Phi) is 5.19. The molecule has 1 aromatic carbocycles. The van der Waals surface area contributed by atoms with Crippen LogP contribution in [0.3, 0.4) is 0 Å². The van der Waals surface area contributed by atoms with Crippen LogP contribution in [0.2, 0.25) is 5.02 Å². The van der Waals surface area contributed by atoms with Gasteiger partial charge in [0, 0.05) is 34.2 Å². The average Bonchev–Trinajstić information content (AvgIpc) is 3.33. The predicted octanol–water partition coefficient (Wildman–Crippen LogP) is 4.52.